The summed E-state index contributed by atoms with van der Waals surface area (Å²) in [6.07, 6.45) is 0. The highest BCUT2D eigenvalue weighted by Gasteiger charge is 2.47. The molecule has 5 rings (SSSR count). The predicted molar refractivity (Wildman–Crippen MR) is 144 cm³/mol. The van der Waals surface area contributed by atoms with E-state index in [1.807, 2.05) is 68.4 Å². The fourth-order valence-electron chi connectivity index (χ4n) is 4.74. The van der Waals surface area contributed by atoms with Crippen LogP contribution in [0.3, 0.4) is 0 Å². The van der Waals surface area contributed by atoms with E-state index in [1.165, 1.54) is 4.90 Å². The second kappa shape index (κ2) is 10.2. The molecule has 6 nitrogen and oxygen atoms in total. The van der Waals surface area contributed by atoms with E-state index in [9.17, 15) is 14.7 Å². The number of aliphatic hydroxyl groups is 1. The lowest BCUT2D eigenvalue weighted by Gasteiger charge is -2.26. The van der Waals surface area contributed by atoms with E-state index >= 15 is 0 Å². The minimum atomic E-state index is -0.858. The molecule has 0 spiro atoms. The molecular formula is C31H27NO5. The molecule has 37 heavy (non-hydrogen) atoms. The summed E-state index contributed by atoms with van der Waals surface area (Å²) in [7, 11) is 0. The topological polar surface area (TPSA) is 76.1 Å². The van der Waals surface area contributed by atoms with Crippen molar-refractivity contribution in [2.45, 2.75) is 19.9 Å². The average molecular weight is 494 g/mol. The lowest BCUT2D eigenvalue weighted by atomic mass is 9.94. The number of benzene rings is 4. The van der Waals surface area contributed by atoms with E-state index in [-0.39, 0.29) is 11.3 Å². The Labute approximate surface area is 215 Å². The Morgan fingerprint density at radius 3 is 2.19 bits per heavy atom. The summed E-state index contributed by atoms with van der Waals surface area (Å²) in [4.78, 5) is 28.4. The first-order valence-corrected chi connectivity index (χ1v) is 12.3. The molecule has 0 radical (unpaired) electrons. The highest BCUT2D eigenvalue weighted by atomic mass is 16.5. The van der Waals surface area contributed by atoms with Crippen molar-refractivity contribution in [1.82, 2.24) is 0 Å². The summed E-state index contributed by atoms with van der Waals surface area (Å²) in [6.45, 7) is 4.70. The van der Waals surface area contributed by atoms with Crippen molar-refractivity contribution in [2.24, 2.45) is 0 Å². The number of rotatable bonds is 7. The number of aliphatic hydroxyl groups excluding tert-OH is 1. The number of hydrogen-bond donors (Lipinski definition) is 1. The zero-order chi connectivity index (χ0) is 25.9. The van der Waals surface area contributed by atoms with Crippen molar-refractivity contribution in [3.05, 3.63) is 108 Å². The smallest absolute Gasteiger partial charge is 0.300 e. The minimum Gasteiger partial charge on any atom is -0.507 e. The summed E-state index contributed by atoms with van der Waals surface area (Å²) in [6, 6.07) is 26.7. The molecule has 1 aliphatic rings. The first-order valence-electron chi connectivity index (χ1n) is 12.3. The van der Waals surface area contributed by atoms with Gasteiger partial charge in [-0.2, -0.15) is 0 Å². The molecule has 1 N–H and O–H groups in total. The molecule has 0 bridgehead atoms. The number of nitrogens with zero attached hydrogens (tertiary/aromatic N) is 1. The average Bonchev–Trinajstić information content (AvgIpc) is 3.19. The summed E-state index contributed by atoms with van der Waals surface area (Å²) >= 11 is 0. The number of fused-ring (bicyclic) bond motifs is 1. The van der Waals surface area contributed by atoms with Crippen molar-refractivity contribution >= 4 is 33.9 Å². The van der Waals surface area contributed by atoms with Crippen LogP contribution in [0.4, 0.5) is 5.69 Å². The van der Waals surface area contributed by atoms with E-state index in [2.05, 4.69) is 0 Å². The Kier molecular flexibility index (Phi) is 6.64. The Hall–Kier alpha value is -4.58. The van der Waals surface area contributed by atoms with Crippen LogP contribution in [0, 0.1) is 0 Å². The number of anilines is 1. The summed E-state index contributed by atoms with van der Waals surface area (Å²) in [5, 5.41) is 13.4. The maximum Gasteiger partial charge on any atom is 0.300 e. The van der Waals surface area contributed by atoms with Gasteiger partial charge in [-0.3, -0.25) is 14.5 Å². The molecule has 0 saturated carbocycles. The van der Waals surface area contributed by atoms with Gasteiger partial charge in [0.05, 0.1) is 24.8 Å². The highest BCUT2D eigenvalue weighted by Crippen LogP contribution is 2.43. The van der Waals surface area contributed by atoms with E-state index in [1.54, 1.807) is 36.4 Å². The molecule has 4 aromatic rings. The number of carbonyl (C=O) groups is 2. The van der Waals surface area contributed by atoms with Crippen LogP contribution in [0.5, 0.6) is 11.5 Å². The molecule has 6 heteroatoms. The number of carbonyl (C=O) groups excluding carboxylic acids is 2. The minimum absolute atomic E-state index is 0.0238. The summed E-state index contributed by atoms with van der Waals surface area (Å²) in [5.74, 6) is -0.501. The second-order valence-electron chi connectivity index (χ2n) is 8.67. The Bertz CT molecular complexity index is 1520. The maximum atomic E-state index is 13.5. The van der Waals surface area contributed by atoms with Gasteiger partial charge in [-0.25, -0.2) is 0 Å². The van der Waals surface area contributed by atoms with Gasteiger partial charge >= 0.3 is 0 Å². The molecule has 0 aromatic heterocycles. The summed E-state index contributed by atoms with van der Waals surface area (Å²) < 4.78 is 11.3. The van der Waals surface area contributed by atoms with E-state index < -0.39 is 17.7 Å². The van der Waals surface area contributed by atoms with Crippen LogP contribution in [-0.4, -0.2) is 30.0 Å². The van der Waals surface area contributed by atoms with Gasteiger partial charge in [0.1, 0.15) is 17.3 Å². The van der Waals surface area contributed by atoms with Crippen LogP contribution in [0.1, 0.15) is 31.0 Å². The van der Waals surface area contributed by atoms with Gasteiger partial charge in [0.15, 0.2) is 0 Å². The van der Waals surface area contributed by atoms with Gasteiger partial charge in [-0.05, 0) is 60.5 Å². The van der Waals surface area contributed by atoms with Crippen LogP contribution < -0.4 is 14.4 Å². The largest absolute Gasteiger partial charge is 0.507 e. The molecule has 4 aromatic carbocycles. The van der Waals surface area contributed by atoms with Gasteiger partial charge in [0.25, 0.3) is 11.7 Å². The van der Waals surface area contributed by atoms with Crippen molar-refractivity contribution in [2.75, 3.05) is 18.1 Å². The van der Waals surface area contributed by atoms with Crippen LogP contribution in [-0.2, 0) is 9.59 Å². The quantitative estimate of drug-likeness (QED) is 0.187. The molecule has 1 aliphatic heterocycles. The van der Waals surface area contributed by atoms with Gasteiger partial charge in [0, 0.05) is 17.3 Å². The van der Waals surface area contributed by atoms with E-state index in [0.29, 0.717) is 41.5 Å². The van der Waals surface area contributed by atoms with Crippen molar-refractivity contribution in [3.8, 4) is 11.5 Å². The van der Waals surface area contributed by atoms with Crippen LogP contribution in [0.25, 0.3) is 16.5 Å². The van der Waals surface area contributed by atoms with Crippen LogP contribution >= 0.6 is 0 Å². The number of amides is 1. The molecule has 1 unspecified atom stereocenters. The van der Waals surface area contributed by atoms with E-state index in [4.69, 9.17) is 9.47 Å². The predicted octanol–water partition coefficient (Wildman–Crippen LogP) is 6.26. The molecule has 1 heterocycles. The fourth-order valence-corrected chi connectivity index (χ4v) is 4.74. The number of Topliss-reactive ketones (excluding diaryl/α,β-unsaturated/α-hetero) is 1. The highest BCUT2D eigenvalue weighted by molar-refractivity contribution is 6.51. The molecular weight excluding hydrogens is 466 g/mol. The van der Waals surface area contributed by atoms with Crippen molar-refractivity contribution in [1.29, 1.82) is 0 Å². The van der Waals surface area contributed by atoms with Gasteiger partial charge in [0.2, 0.25) is 0 Å². The third-order valence-corrected chi connectivity index (χ3v) is 6.36. The first-order chi connectivity index (χ1) is 18.0. The van der Waals surface area contributed by atoms with Gasteiger partial charge in [-0.1, -0.05) is 54.6 Å². The van der Waals surface area contributed by atoms with Crippen LogP contribution in [0.2, 0.25) is 0 Å². The second-order valence-corrected chi connectivity index (χ2v) is 8.67. The van der Waals surface area contributed by atoms with Gasteiger partial charge in [-0.15, -0.1) is 0 Å². The third-order valence-electron chi connectivity index (χ3n) is 6.36. The number of ketones is 1. The van der Waals surface area contributed by atoms with Gasteiger partial charge < -0.3 is 14.6 Å². The Morgan fingerprint density at radius 2 is 1.46 bits per heavy atom. The zero-order valence-corrected chi connectivity index (χ0v) is 20.7. The molecule has 1 saturated heterocycles. The SMILES string of the molecule is CCOc1cccc(C2/C(=C(/O)c3ccc4ccccc4c3)C(=O)C(=O)N2c2cccc(OCC)c2)c1. The van der Waals surface area contributed by atoms with Crippen LogP contribution in [0.15, 0.2) is 96.6 Å². The molecule has 0 aliphatic carbocycles. The number of hydrogen-bond acceptors (Lipinski definition) is 5. The normalized spacial score (nSPS) is 16.8. The maximum absolute atomic E-state index is 13.5. The van der Waals surface area contributed by atoms with Crippen molar-refractivity contribution in [3.63, 3.8) is 0 Å². The molecule has 1 amide bonds. The standard InChI is InChI=1S/C31H27NO5/c1-3-36-25-13-7-11-22(18-25)28-27(29(33)23-16-15-20-9-5-6-10-21(20)17-23)30(34)31(35)32(28)24-12-8-14-26(19-24)37-4-2/h5-19,28,33H,3-4H2,1-2H3/b29-27-. The molecule has 186 valence electrons. The fraction of sp³-hybridized carbons (Fsp3) is 0.161. The summed E-state index contributed by atoms with van der Waals surface area (Å²) in [5.41, 5.74) is 1.63. The zero-order valence-electron chi connectivity index (χ0n) is 20.7. The Balaban J connectivity index is 1.71. The molecule has 1 atom stereocenters. The first kappa shape index (κ1) is 24.1. The lowest BCUT2D eigenvalue weighted by molar-refractivity contribution is -0.132. The third kappa shape index (κ3) is 4.54. The van der Waals surface area contributed by atoms with Crippen molar-refractivity contribution < 1.29 is 24.2 Å². The monoisotopic (exact) mass is 493 g/mol. The van der Waals surface area contributed by atoms with E-state index in [0.717, 1.165) is 10.8 Å². The lowest BCUT2D eigenvalue weighted by Crippen LogP contribution is -2.29. The molecule has 1 fully saturated rings. The Morgan fingerprint density at radius 1 is 0.784 bits per heavy atom. The number of ether oxygens (including phenoxy) is 2.